The molecule has 0 atom stereocenters. The Morgan fingerprint density at radius 2 is 1.95 bits per heavy atom. The highest BCUT2D eigenvalue weighted by molar-refractivity contribution is 5.77. The van der Waals surface area contributed by atoms with Crippen LogP contribution in [0.3, 0.4) is 0 Å². The van der Waals surface area contributed by atoms with Crippen molar-refractivity contribution in [3.8, 4) is 6.07 Å². The van der Waals surface area contributed by atoms with Gasteiger partial charge in [0, 0.05) is 38.2 Å². The van der Waals surface area contributed by atoms with Gasteiger partial charge in [0.1, 0.15) is 0 Å². The zero-order chi connectivity index (χ0) is 14.5. The van der Waals surface area contributed by atoms with E-state index in [9.17, 15) is 0 Å². The van der Waals surface area contributed by atoms with Gasteiger partial charge in [0.05, 0.1) is 12.5 Å². The van der Waals surface area contributed by atoms with Crippen molar-refractivity contribution in [1.82, 2.24) is 4.57 Å². The summed E-state index contributed by atoms with van der Waals surface area (Å²) in [6.45, 7) is 4.90. The lowest BCUT2D eigenvalue weighted by molar-refractivity contribution is 0.712. The summed E-state index contributed by atoms with van der Waals surface area (Å²) in [5, 5.41) is 8.70. The molecule has 102 valence electrons. The summed E-state index contributed by atoms with van der Waals surface area (Å²) in [5.41, 5.74) is 4.32. The summed E-state index contributed by atoms with van der Waals surface area (Å²) >= 11 is 0. The third-order valence-electron chi connectivity index (χ3n) is 3.34. The number of aromatic nitrogens is 1. The van der Waals surface area contributed by atoms with Crippen LogP contribution in [0.5, 0.6) is 0 Å². The number of nitrogens with zero attached hydrogens (tertiary/aromatic N) is 3. The molecular formula is C17H19N3. The van der Waals surface area contributed by atoms with Gasteiger partial charge in [-0.3, -0.25) is 0 Å². The smallest absolute Gasteiger partial charge is 0.0640 e. The normalized spacial score (nSPS) is 10.1. The van der Waals surface area contributed by atoms with E-state index in [4.69, 9.17) is 5.26 Å². The highest BCUT2D eigenvalue weighted by Crippen LogP contribution is 2.24. The molecule has 0 N–H and O–H groups in total. The van der Waals surface area contributed by atoms with Crippen LogP contribution in [0.15, 0.2) is 49.2 Å². The Kier molecular flexibility index (Phi) is 4.27. The SMILES string of the molecule is C=C(c1ccc(N(C)C)cc1)c1cccn1CCC#N. The van der Waals surface area contributed by atoms with Crippen molar-refractivity contribution in [1.29, 1.82) is 5.26 Å². The maximum absolute atomic E-state index is 8.70. The molecule has 0 saturated heterocycles. The van der Waals surface area contributed by atoms with Gasteiger partial charge in [-0.2, -0.15) is 5.26 Å². The predicted molar refractivity (Wildman–Crippen MR) is 83.6 cm³/mol. The molecule has 0 spiro atoms. The second-order valence-corrected chi connectivity index (χ2v) is 4.91. The van der Waals surface area contributed by atoms with Crippen LogP contribution in [0, 0.1) is 11.3 Å². The number of nitriles is 1. The van der Waals surface area contributed by atoms with E-state index >= 15 is 0 Å². The summed E-state index contributed by atoms with van der Waals surface area (Å²) in [6.07, 6.45) is 2.50. The molecule has 1 heterocycles. The third kappa shape index (κ3) is 2.92. The van der Waals surface area contributed by atoms with E-state index in [2.05, 4.69) is 46.4 Å². The molecular weight excluding hydrogens is 246 g/mol. The molecule has 3 heteroatoms. The quantitative estimate of drug-likeness (QED) is 0.828. The van der Waals surface area contributed by atoms with Crippen LogP contribution in [0.25, 0.3) is 5.57 Å². The minimum atomic E-state index is 0.508. The zero-order valence-corrected chi connectivity index (χ0v) is 12.0. The molecule has 0 aliphatic rings. The molecule has 0 aliphatic carbocycles. The monoisotopic (exact) mass is 265 g/mol. The molecule has 0 aliphatic heterocycles. The van der Waals surface area contributed by atoms with Gasteiger partial charge < -0.3 is 9.47 Å². The van der Waals surface area contributed by atoms with E-state index in [1.165, 1.54) is 5.69 Å². The molecule has 0 amide bonds. The number of hydrogen-bond acceptors (Lipinski definition) is 2. The second-order valence-electron chi connectivity index (χ2n) is 4.91. The van der Waals surface area contributed by atoms with Crippen LogP contribution >= 0.6 is 0 Å². The average Bonchev–Trinajstić information content (AvgIpc) is 2.92. The summed E-state index contributed by atoms with van der Waals surface area (Å²) in [4.78, 5) is 2.07. The van der Waals surface area contributed by atoms with Crippen LogP contribution in [-0.4, -0.2) is 18.7 Å². The molecule has 2 aromatic rings. The molecule has 2 rings (SSSR count). The minimum absolute atomic E-state index is 0.508. The molecule has 20 heavy (non-hydrogen) atoms. The van der Waals surface area contributed by atoms with Gasteiger partial charge in [-0.05, 0) is 35.4 Å². The first-order chi connectivity index (χ1) is 9.63. The van der Waals surface area contributed by atoms with Gasteiger partial charge in [0.25, 0.3) is 0 Å². The van der Waals surface area contributed by atoms with Gasteiger partial charge in [0.15, 0.2) is 0 Å². The Bertz CT molecular complexity index is 627. The Labute approximate surface area is 120 Å². The van der Waals surface area contributed by atoms with E-state index in [0.29, 0.717) is 13.0 Å². The summed E-state index contributed by atoms with van der Waals surface area (Å²) in [7, 11) is 4.05. The van der Waals surface area contributed by atoms with E-state index in [1.807, 2.05) is 32.4 Å². The largest absolute Gasteiger partial charge is 0.378 e. The van der Waals surface area contributed by atoms with Crippen molar-refractivity contribution >= 4 is 11.3 Å². The van der Waals surface area contributed by atoms with Crippen molar-refractivity contribution < 1.29 is 0 Å². The van der Waals surface area contributed by atoms with Crippen LogP contribution < -0.4 is 4.90 Å². The molecule has 3 nitrogen and oxygen atoms in total. The minimum Gasteiger partial charge on any atom is -0.378 e. The van der Waals surface area contributed by atoms with Crippen molar-refractivity contribution in [3.05, 3.63) is 60.4 Å². The number of rotatable bonds is 5. The van der Waals surface area contributed by atoms with Crippen LogP contribution in [0.4, 0.5) is 5.69 Å². The Hall–Kier alpha value is -2.47. The standard InChI is InChI=1S/C17H19N3/c1-14(15-7-9-16(10-8-15)19(2)3)17-6-4-12-20(17)13-5-11-18/h4,6-10,12H,1,5,13H2,2-3H3. The Balaban J connectivity index is 2.23. The van der Waals surface area contributed by atoms with Crippen molar-refractivity contribution in [3.63, 3.8) is 0 Å². The van der Waals surface area contributed by atoms with Crippen LogP contribution in [0.2, 0.25) is 0 Å². The Morgan fingerprint density at radius 1 is 1.25 bits per heavy atom. The number of hydrogen-bond donors (Lipinski definition) is 0. The Morgan fingerprint density at radius 3 is 2.55 bits per heavy atom. The highest BCUT2D eigenvalue weighted by Gasteiger charge is 2.07. The molecule has 0 unspecified atom stereocenters. The lowest BCUT2D eigenvalue weighted by Crippen LogP contribution is -2.08. The van der Waals surface area contributed by atoms with Gasteiger partial charge in [-0.25, -0.2) is 0 Å². The molecule has 0 saturated carbocycles. The lowest BCUT2D eigenvalue weighted by Gasteiger charge is -2.14. The van der Waals surface area contributed by atoms with Gasteiger partial charge in [-0.1, -0.05) is 18.7 Å². The van der Waals surface area contributed by atoms with E-state index in [1.54, 1.807) is 0 Å². The summed E-state index contributed by atoms with van der Waals surface area (Å²) < 4.78 is 2.07. The molecule has 1 aromatic carbocycles. The van der Waals surface area contributed by atoms with E-state index < -0.39 is 0 Å². The van der Waals surface area contributed by atoms with Crippen LogP contribution in [0.1, 0.15) is 17.7 Å². The summed E-state index contributed by atoms with van der Waals surface area (Å²) in [5.74, 6) is 0. The van der Waals surface area contributed by atoms with Crippen LogP contribution in [-0.2, 0) is 6.54 Å². The molecule has 0 bridgehead atoms. The number of anilines is 1. The number of aryl methyl sites for hydroxylation is 1. The van der Waals surface area contributed by atoms with Gasteiger partial charge in [0.2, 0.25) is 0 Å². The fraction of sp³-hybridized carbons (Fsp3) is 0.235. The molecule has 1 aromatic heterocycles. The topological polar surface area (TPSA) is 32.0 Å². The third-order valence-corrected chi connectivity index (χ3v) is 3.34. The van der Waals surface area contributed by atoms with Crippen molar-refractivity contribution in [2.24, 2.45) is 0 Å². The summed E-state index contributed by atoms with van der Waals surface area (Å²) in [6, 6.07) is 14.5. The van der Waals surface area contributed by atoms with Gasteiger partial charge >= 0.3 is 0 Å². The highest BCUT2D eigenvalue weighted by atomic mass is 15.1. The molecule has 0 fully saturated rings. The fourth-order valence-electron chi connectivity index (χ4n) is 2.16. The van der Waals surface area contributed by atoms with Crippen molar-refractivity contribution in [2.45, 2.75) is 13.0 Å². The first-order valence-electron chi connectivity index (χ1n) is 6.62. The van der Waals surface area contributed by atoms with E-state index in [-0.39, 0.29) is 0 Å². The van der Waals surface area contributed by atoms with Crippen molar-refractivity contribution in [2.75, 3.05) is 19.0 Å². The predicted octanol–water partition coefficient (Wildman–Crippen LogP) is 3.53. The lowest BCUT2D eigenvalue weighted by atomic mass is 10.0. The molecule has 0 radical (unpaired) electrons. The van der Waals surface area contributed by atoms with E-state index in [0.717, 1.165) is 16.8 Å². The van der Waals surface area contributed by atoms with Gasteiger partial charge in [-0.15, -0.1) is 0 Å². The second kappa shape index (κ2) is 6.12. The maximum atomic E-state index is 8.70. The number of benzene rings is 1. The first kappa shape index (κ1) is 14.0. The fourth-order valence-corrected chi connectivity index (χ4v) is 2.16. The average molecular weight is 265 g/mol. The zero-order valence-electron chi connectivity index (χ0n) is 12.0. The first-order valence-corrected chi connectivity index (χ1v) is 6.62. The maximum Gasteiger partial charge on any atom is 0.0640 e.